The Morgan fingerprint density at radius 3 is 1.92 bits per heavy atom. The molecule has 1 heteroatoms. The first-order valence-electron chi connectivity index (χ1n) is 9.73. The van der Waals surface area contributed by atoms with Gasteiger partial charge in [0.05, 0.1) is 0 Å². The van der Waals surface area contributed by atoms with E-state index in [1.54, 1.807) is 6.07 Å². The number of benzene rings is 3. The number of unbranched alkanes of at least 4 members (excludes halogenated alkanes) is 2. The molecular formula is C25H28O. The normalized spacial score (nSPS) is 10.8. The van der Waals surface area contributed by atoms with Gasteiger partial charge in [0.1, 0.15) is 5.75 Å². The van der Waals surface area contributed by atoms with Crippen LogP contribution >= 0.6 is 0 Å². The second-order valence-corrected chi connectivity index (χ2v) is 6.93. The smallest absolute Gasteiger partial charge is 0.115 e. The van der Waals surface area contributed by atoms with Crippen LogP contribution in [0.25, 0.3) is 22.3 Å². The van der Waals surface area contributed by atoms with Crippen LogP contribution in [0.2, 0.25) is 0 Å². The molecule has 0 bridgehead atoms. The maximum atomic E-state index is 9.70. The third-order valence-corrected chi connectivity index (χ3v) is 5.02. The van der Waals surface area contributed by atoms with Gasteiger partial charge in [-0.15, -0.1) is 0 Å². The highest BCUT2D eigenvalue weighted by Crippen LogP contribution is 2.30. The zero-order valence-corrected chi connectivity index (χ0v) is 15.8. The lowest BCUT2D eigenvalue weighted by molar-refractivity contribution is 0.474. The predicted molar refractivity (Wildman–Crippen MR) is 112 cm³/mol. The molecule has 3 rings (SSSR count). The topological polar surface area (TPSA) is 20.2 Å². The molecule has 134 valence electrons. The number of phenols is 1. The van der Waals surface area contributed by atoms with E-state index >= 15 is 0 Å². The van der Waals surface area contributed by atoms with E-state index in [0.29, 0.717) is 5.75 Å². The van der Waals surface area contributed by atoms with Gasteiger partial charge in [0, 0.05) is 0 Å². The van der Waals surface area contributed by atoms with Crippen LogP contribution < -0.4 is 0 Å². The summed E-state index contributed by atoms with van der Waals surface area (Å²) in [5.74, 6) is 0.334. The van der Waals surface area contributed by atoms with E-state index in [0.717, 1.165) is 6.42 Å². The zero-order chi connectivity index (χ0) is 18.4. The van der Waals surface area contributed by atoms with Crippen molar-refractivity contribution in [2.24, 2.45) is 0 Å². The molecule has 0 spiro atoms. The van der Waals surface area contributed by atoms with Gasteiger partial charge >= 0.3 is 0 Å². The van der Waals surface area contributed by atoms with E-state index in [-0.39, 0.29) is 0 Å². The van der Waals surface area contributed by atoms with Crippen LogP contribution in [0.3, 0.4) is 0 Å². The van der Waals surface area contributed by atoms with Crippen molar-refractivity contribution in [2.45, 2.75) is 46.0 Å². The number of hydrogen-bond acceptors (Lipinski definition) is 1. The molecule has 1 nitrogen and oxygen atoms in total. The molecule has 26 heavy (non-hydrogen) atoms. The summed E-state index contributed by atoms with van der Waals surface area (Å²) in [6, 6.07) is 23.3. The maximum absolute atomic E-state index is 9.70. The lowest BCUT2D eigenvalue weighted by Gasteiger charge is -2.10. The monoisotopic (exact) mass is 344 g/mol. The number of phenolic OH excluding ortho intramolecular Hbond substituents is 1. The second-order valence-electron chi connectivity index (χ2n) is 6.93. The van der Waals surface area contributed by atoms with Crippen molar-refractivity contribution < 1.29 is 5.11 Å². The van der Waals surface area contributed by atoms with E-state index in [2.05, 4.69) is 62.4 Å². The van der Waals surface area contributed by atoms with Crippen LogP contribution in [0.5, 0.6) is 5.75 Å². The molecule has 0 amide bonds. The molecule has 0 heterocycles. The van der Waals surface area contributed by atoms with Gasteiger partial charge in [0.15, 0.2) is 0 Å². The first kappa shape index (κ1) is 18.3. The summed E-state index contributed by atoms with van der Waals surface area (Å²) < 4.78 is 0. The van der Waals surface area contributed by atoms with Gasteiger partial charge in [-0.05, 0) is 64.8 Å². The molecule has 0 saturated heterocycles. The lowest BCUT2D eigenvalue weighted by atomic mass is 9.95. The molecule has 0 saturated carbocycles. The lowest BCUT2D eigenvalue weighted by Crippen LogP contribution is -1.88. The summed E-state index contributed by atoms with van der Waals surface area (Å²) in [4.78, 5) is 0. The molecule has 0 unspecified atom stereocenters. The Balaban J connectivity index is 1.77. The van der Waals surface area contributed by atoms with Crippen molar-refractivity contribution in [3.63, 3.8) is 0 Å². The average molecular weight is 344 g/mol. The summed E-state index contributed by atoms with van der Waals surface area (Å²) in [5, 5.41) is 9.70. The first-order valence-corrected chi connectivity index (χ1v) is 9.73. The molecule has 0 aromatic heterocycles. The first-order chi connectivity index (χ1) is 12.7. The Bertz CT molecular complexity index is 829. The van der Waals surface area contributed by atoms with Gasteiger partial charge in [-0.2, -0.15) is 0 Å². The van der Waals surface area contributed by atoms with E-state index in [9.17, 15) is 5.11 Å². The van der Waals surface area contributed by atoms with Crippen molar-refractivity contribution in [1.29, 1.82) is 0 Å². The summed E-state index contributed by atoms with van der Waals surface area (Å²) >= 11 is 0. The summed E-state index contributed by atoms with van der Waals surface area (Å²) in [6.45, 7) is 4.36. The number of aromatic hydroxyl groups is 1. The molecule has 0 radical (unpaired) electrons. The van der Waals surface area contributed by atoms with Crippen molar-refractivity contribution in [3.8, 4) is 28.0 Å². The molecule has 0 aliphatic carbocycles. The maximum Gasteiger partial charge on any atom is 0.115 e. The average Bonchev–Trinajstić information content (AvgIpc) is 2.69. The third-order valence-electron chi connectivity index (χ3n) is 5.02. The SMILES string of the molecule is CCCCCc1ccc(-c2ccc(-c3ccc(O)cc3CC)cc2)cc1. The van der Waals surface area contributed by atoms with Crippen molar-refractivity contribution in [3.05, 3.63) is 77.9 Å². The van der Waals surface area contributed by atoms with Crippen LogP contribution in [0, 0.1) is 0 Å². The Hall–Kier alpha value is -2.54. The molecule has 3 aromatic rings. The molecule has 0 aliphatic heterocycles. The minimum absolute atomic E-state index is 0.334. The van der Waals surface area contributed by atoms with Gasteiger partial charge < -0.3 is 5.11 Å². The van der Waals surface area contributed by atoms with E-state index in [1.165, 1.54) is 59.1 Å². The number of rotatable bonds is 7. The molecule has 0 fully saturated rings. The van der Waals surface area contributed by atoms with Gasteiger partial charge in [-0.25, -0.2) is 0 Å². The Morgan fingerprint density at radius 2 is 1.31 bits per heavy atom. The standard InChI is InChI=1S/C25H28O/c1-3-5-6-7-19-8-10-21(11-9-19)22-12-14-23(15-13-22)25-17-16-24(26)18-20(25)4-2/h8-18,26H,3-7H2,1-2H3. The highest BCUT2D eigenvalue weighted by Gasteiger charge is 2.06. The highest BCUT2D eigenvalue weighted by molar-refractivity contribution is 5.73. The molecular weight excluding hydrogens is 316 g/mol. The quantitative estimate of drug-likeness (QED) is 0.456. The highest BCUT2D eigenvalue weighted by atomic mass is 16.3. The molecule has 0 atom stereocenters. The zero-order valence-electron chi connectivity index (χ0n) is 15.8. The fraction of sp³-hybridized carbons (Fsp3) is 0.280. The van der Waals surface area contributed by atoms with E-state index in [4.69, 9.17) is 0 Å². The fourth-order valence-electron chi connectivity index (χ4n) is 3.44. The summed E-state index contributed by atoms with van der Waals surface area (Å²) in [6.07, 6.45) is 5.93. The van der Waals surface area contributed by atoms with Gasteiger partial charge in [-0.1, -0.05) is 81.3 Å². The largest absolute Gasteiger partial charge is 0.508 e. The fourth-order valence-corrected chi connectivity index (χ4v) is 3.44. The van der Waals surface area contributed by atoms with Gasteiger partial charge in [0.25, 0.3) is 0 Å². The van der Waals surface area contributed by atoms with Crippen LogP contribution in [-0.4, -0.2) is 5.11 Å². The molecule has 3 aromatic carbocycles. The summed E-state index contributed by atoms with van der Waals surface area (Å²) in [7, 11) is 0. The van der Waals surface area contributed by atoms with Crippen molar-refractivity contribution in [2.75, 3.05) is 0 Å². The van der Waals surface area contributed by atoms with Crippen LogP contribution in [-0.2, 0) is 12.8 Å². The van der Waals surface area contributed by atoms with Gasteiger partial charge in [-0.3, -0.25) is 0 Å². The Labute approximate surface area is 157 Å². The Kier molecular flexibility index (Phi) is 6.12. The number of hydrogen-bond donors (Lipinski definition) is 1. The second kappa shape index (κ2) is 8.71. The van der Waals surface area contributed by atoms with E-state index < -0.39 is 0 Å². The van der Waals surface area contributed by atoms with Crippen LogP contribution in [0.4, 0.5) is 0 Å². The number of aryl methyl sites for hydroxylation is 2. The summed E-state index contributed by atoms with van der Waals surface area (Å²) in [5.41, 5.74) is 7.50. The van der Waals surface area contributed by atoms with Crippen molar-refractivity contribution >= 4 is 0 Å². The minimum atomic E-state index is 0.334. The predicted octanol–water partition coefficient (Wildman–Crippen LogP) is 7.02. The third kappa shape index (κ3) is 4.35. The van der Waals surface area contributed by atoms with Crippen LogP contribution in [0.15, 0.2) is 66.7 Å². The Morgan fingerprint density at radius 1 is 0.692 bits per heavy atom. The molecule has 1 N–H and O–H groups in total. The molecule has 0 aliphatic rings. The minimum Gasteiger partial charge on any atom is -0.508 e. The van der Waals surface area contributed by atoms with E-state index in [1.807, 2.05) is 12.1 Å². The van der Waals surface area contributed by atoms with Crippen molar-refractivity contribution in [1.82, 2.24) is 0 Å². The van der Waals surface area contributed by atoms with Crippen LogP contribution in [0.1, 0.15) is 44.2 Å². The van der Waals surface area contributed by atoms with Gasteiger partial charge in [0.2, 0.25) is 0 Å².